The van der Waals surface area contributed by atoms with Crippen molar-refractivity contribution in [3.63, 3.8) is 0 Å². The Hall–Kier alpha value is -1.65. The van der Waals surface area contributed by atoms with Crippen LogP contribution in [-0.2, 0) is 6.42 Å². The molecule has 1 aliphatic heterocycles. The van der Waals surface area contributed by atoms with Crippen LogP contribution in [0.25, 0.3) is 0 Å². The minimum Gasteiger partial charge on any atom is -0.369 e. The molecule has 0 fully saturated rings. The largest absolute Gasteiger partial charge is 0.369 e. The minimum absolute atomic E-state index is 0.0751. The van der Waals surface area contributed by atoms with Crippen LogP contribution in [-0.4, -0.2) is 22.5 Å². The van der Waals surface area contributed by atoms with Gasteiger partial charge >= 0.3 is 0 Å². The van der Waals surface area contributed by atoms with E-state index in [1.807, 2.05) is 30.3 Å². The second-order valence-electron chi connectivity index (χ2n) is 5.19. The van der Waals surface area contributed by atoms with Crippen molar-refractivity contribution < 1.29 is 9.90 Å². The molecule has 21 heavy (non-hydrogen) atoms. The molecule has 0 aliphatic carbocycles. The Morgan fingerprint density at radius 3 is 2.52 bits per heavy atom. The Morgan fingerprint density at radius 1 is 1.10 bits per heavy atom. The van der Waals surface area contributed by atoms with Crippen molar-refractivity contribution in [2.24, 2.45) is 0 Å². The normalized spacial score (nSPS) is 17.1. The van der Waals surface area contributed by atoms with Gasteiger partial charge in [-0.3, -0.25) is 4.79 Å². The number of amides is 1. The van der Waals surface area contributed by atoms with Crippen LogP contribution in [0.4, 0.5) is 0 Å². The summed E-state index contributed by atoms with van der Waals surface area (Å²) in [7, 11) is 0. The van der Waals surface area contributed by atoms with Crippen molar-refractivity contribution in [3.8, 4) is 0 Å². The molecule has 0 spiro atoms. The number of aryl methyl sites for hydroxylation is 1. The molecule has 2 aromatic rings. The highest BCUT2D eigenvalue weighted by molar-refractivity contribution is 9.10. The van der Waals surface area contributed by atoms with E-state index in [9.17, 15) is 9.90 Å². The van der Waals surface area contributed by atoms with E-state index in [1.54, 1.807) is 11.0 Å². The first kappa shape index (κ1) is 14.3. The maximum absolute atomic E-state index is 12.3. The van der Waals surface area contributed by atoms with E-state index in [0.29, 0.717) is 17.7 Å². The van der Waals surface area contributed by atoms with Crippen molar-refractivity contribution in [2.75, 3.05) is 6.54 Å². The van der Waals surface area contributed by atoms with E-state index >= 15 is 0 Å². The maximum atomic E-state index is 12.3. The van der Waals surface area contributed by atoms with Crippen LogP contribution in [0.5, 0.6) is 0 Å². The Balaban J connectivity index is 1.62. The van der Waals surface area contributed by atoms with Crippen molar-refractivity contribution in [1.82, 2.24) is 4.90 Å². The van der Waals surface area contributed by atoms with Crippen LogP contribution in [0.2, 0.25) is 0 Å². The second kappa shape index (κ2) is 6.00. The molecule has 1 amide bonds. The molecule has 1 heterocycles. The molecule has 3 nitrogen and oxygen atoms in total. The van der Waals surface area contributed by atoms with E-state index < -0.39 is 6.23 Å². The highest BCUT2D eigenvalue weighted by Crippen LogP contribution is 2.31. The average Bonchev–Trinajstić information content (AvgIpc) is 2.75. The summed E-state index contributed by atoms with van der Waals surface area (Å²) in [6.45, 7) is 0.560. The van der Waals surface area contributed by atoms with Crippen LogP contribution in [0, 0.1) is 0 Å². The lowest BCUT2D eigenvalue weighted by molar-refractivity contribution is 0.0173. The molecule has 0 saturated carbocycles. The first-order valence-corrected chi connectivity index (χ1v) is 7.78. The standard InChI is InChI=1S/C17H16BrNO2/c18-13-9-7-12(8-10-13)4-3-11-19-16(20)14-5-1-2-6-15(14)17(19)21/h1-2,5-10,16,20H,3-4,11H2. The Labute approximate surface area is 132 Å². The van der Waals surface area contributed by atoms with Crippen LogP contribution in [0.1, 0.15) is 34.1 Å². The van der Waals surface area contributed by atoms with E-state index in [1.165, 1.54) is 5.56 Å². The number of halogens is 1. The summed E-state index contributed by atoms with van der Waals surface area (Å²) in [5.41, 5.74) is 2.57. The highest BCUT2D eigenvalue weighted by atomic mass is 79.9. The Kier molecular flexibility index (Phi) is 4.08. The number of carbonyl (C=O) groups is 1. The van der Waals surface area contributed by atoms with Gasteiger partial charge in [0.25, 0.3) is 5.91 Å². The van der Waals surface area contributed by atoms with Crippen molar-refractivity contribution in [2.45, 2.75) is 19.1 Å². The molecular formula is C17H16BrNO2. The molecule has 0 radical (unpaired) electrons. The molecule has 0 aromatic heterocycles. The van der Waals surface area contributed by atoms with Gasteiger partial charge in [-0.25, -0.2) is 0 Å². The average molecular weight is 346 g/mol. The van der Waals surface area contributed by atoms with Crippen molar-refractivity contribution in [1.29, 1.82) is 0 Å². The van der Waals surface area contributed by atoms with Gasteiger partial charge in [0.05, 0.1) is 0 Å². The first-order chi connectivity index (χ1) is 10.2. The predicted molar refractivity (Wildman–Crippen MR) is 84.9 cm³/mol. The van der Waals surface area contributed by atoms with Crippen molar-refractivity contribution >= 4 is 21.8 Å². The summed E-state index contributed by atoms with van der Waals surface area (Å²) >= 11 is 3.41. The molecule has 1 N–H and O–H groups in total. The van der Waals surface area contributed by atoms with Crippen LogP contribution in [0.15, 0.2) is 53.0 Å². The first-order valence-electron chi connectivity index (χ1n) is 6.99. The molecule has 108 valence electrons. The number of aliphatic hydroxyl groups excluding tert-OH is 1. The van der Waals surface area contributed by atoms with Gasteiger partial charge in [-0.1, -0.05) is 46.3 Å². The number of aliphatic hydroxyl groups is 1. The van der Waals surface area contributed by atoms with E-state index in [-0.39, 0.29) is 5.91 Å². The van der Waals surface area contributed by atoms with Crippen LogP contribution >= 0.6 is 15.9 Å². The maximum Gasteiger partial charge on any atom is 0.256 e. The summed E-state index contributed by atoms with van der Waals surface area (Å²) in [5, 5.41) is 10.2. The summed E-state index contributed by atoms with van der Waals surface area (Å²) in [6.07, 6.45) is 0.914. The lowest BCUT2D eigenvalue weighted by atomic mass is 10.1. The molecule has 3 rings (SSSR count). The summed E-state index contributed by atoms with van der Waals surface area (Å²) < 4.78 is 1.06. The number of fused-ring (bicyclic) bond motifs is 1. The topological polar surface area (TPSA) is 40.5 Å². The monoisotopic (exact) mass is 345 g/mol. The molecular weight excluding hydrogens is 330 g/mol. The van der Waals surface area contributed by atoms with E-state index in [2.05, 4.69) is 28.1 Å². The molecule has 1 atom stereocenters. The molecule has 2 aromatic carbocycles. The minimum atomic E-state index is -0.807. The molecule has 0 bridgehead atoms. The number of rotatable bonds is 4. The number of nitrogens with zero attached hydrogens (tertiary/aromatic N) is 1. The van der Waals surface area contributed by atoms with Gasteiger partial charge in [0.15, 0.2) is 6.23 Å². The van der Waals surface area contributed by atoms with E-state index in [0.717, 1.165) is 17.3 Å². The van der Waals surface area contributed by atoms with Gasteiger partial charge in [-0.15, -0.1) is 0 Å². The third-order valence-electron chi connectivity index (χ3n) is 3.80. The van der Waals surface area contributed by atoms with Gasteiger partial charge < -0.3 is 10.0 Å². The van der Waals surface area contributed by atoms with Crippen LogP contribution in [0.3, 0.4) is 0 Å². The van der Waals surface area contributed by atoms with Gasteiger partial charge in [0, 0.05) is 22.1 Å². The summed E-state index contributed by atoms with van der Waals surface area (Å²) in [5.74, 6) is -0.0751. The molecule has 4 heteroatoms. The number of hydrogen-bond donors (Lipinski definition) is 1. The van der Waals surface area contributed by atoms with Gasteiger partial charge in [0.1, 0.15) is 0 Å². The molecule has 0 saturated heterocycles. The quantitative estimate of drug-likeness (QED) is 0.920. The predicted octanol–water partition coefficient (Wildman–Crippen LogP) is 3.53. The summed E-state index contributed by atoms with van der Waals surface area (Å²) in [6, 6.07) is 15.4. The number of benzene rings is 2. The van der Waals surface area contributed by atoms with Crippen LogP contribution < -0.4 is 0 Å². The highest BCUT2D eigenvalue weighted by Gasteiger charge is 2.34. The fourth-order valence-electron chi connectivity index (χ4n) is 2.68. The van der Waals surface area contributed by atoms with Gasteiger partial charge in [-0.05, 0) is 36.6 Å². The lowest BCUT2D eigenvalue weighted by Crippen LogP contribution is -2.29. The summed E-state index contributed by atoms with van der Waals surface area (Å²) in [4.78, 5) is 13.8. The fourth-order valence-corrected chi connectivity index (χ4v) is 2.94. The second-order valence-corrected chi connectivity index (χ2v) is 6.11. The van der Waals surface area contributed by atoms with Crippen molar-refractivity contribution in [3.05, 3.63) is 69.7 Å². The Bertz CT molecular complexity index is 654. The molecule has 1 unspecified atom stereocenters. The SMILES string of the molecule is O=C1c2ccccc2C(O)N1CCCc1ccc(Br)cc1. The van der Waals surface area contributed by atoms with Gasteiger partial charge in [0.2, 0.25) is 0 Å². The number of carbonyl (C=O) groups excluding carboxylic acids is 1. The fraction of sp³-hybridized carbons (Fsp3) is 0.235. The third kappa shape index (κ3) is 2.87. The van der Waals surface area contributed by atoms with E-state index in [4.69, 9.17) is 0 Å². The molecule has 1 aliphatic rings. The Morgan fingerprint density at radius 2 is 1.81 bits per heavy atom. The smallest absolute Gasteiger partial charge is 0.256 e. The number of hydrogen-bond acceptors (Lipinski definition) is 2. The zero-order valence-corrected chi connectivity index (χ0v) is 13.1. The third-order valence-corrected chi connectivity index (χ3v) is 4.33. The van der Waals surface area contributed by atoms with Gasteiger partial charge in [-0.2, -0.15) is 0 Å². The zero-order valence-electron chi connectivity index (χ0n) is 11.5. The zero-order chi connectivity index (χ0) is 14.8. The lowest BCUT2D eigenvalue weighted by Gasteiger charge is -2.20.